The molecule has 0 saturated carbocycles. The molecule has 0 fully saturated rings. The van der Waals surface area contributed by atoms with Gasteiger partial charge in [-0.05, 0) is 0 Å². The molecule has 0 unspecified atom stereocenters. The lowest BCUT2D eigenvalue weighted by molar-refractivity contribution is -0.141. The van der Waals surface area contributed by atoms with Gasteiger partial charge >= 0.3 is 13.6 Å². The van der Waals surface area contributed by atoms with Gasteiger partial charge in [0.15, 0.2) is 0 Å². The number of hydrogen-bond acceptors (Lipinski definition) is 6. The van der Waals surface area contributed by atoms with Gasteiger partial charge in [-0.15, -0.1) is 0 Å². The molecule has 0 heterocycles. The summed E-state index contributed by atoms with van der Waals surface area (Å²) in [6.07, 6.45) is 0.236. The van der Waals surface area contributed by atoms with Crippen molar-refractivity contribution in [1.82, 2.24) is 0 Å². The first-order valence-corrected chi connectivity index (χ1v) is 6.16. The summed E-state index contributed by atoms with van der Waals surface area (Å²) in [6.45, 7) is 0.750. The Balaban J connectivity index is 3.78. The van der Waals surface area contributed by atoms with Gasteiger partial charge in [0.25, 0.3) is 0 Å². The normalized spacial score (nSPS) is 11.4. The lowest BCUT2D eigenvalue weighted by Crippen LogP contribution is -2.13. The molecule has 0 bridgehead atoms. The molecule has 0 rings (SSSR count). The van der Waals surface area contributed by atoms with Crippen molar-refractivity contribution in [1.29, 1.82) is 0 Å². The molecule has 90 valence electrons. The number of methoxy groups -OCH3 is 1. The van der Waals surface area contributed by atoms with Gasteiger partial charge < -0.3 is 18.5 Å². The Morgan fingerprint density at radius 1 is 1.13 bits per heavy atom. The summed E-state index contributed by atoms with van der Waals surface area (Å²) in [5.41, 5.74) is 0. The van der Waals surface area contributed by atoms with E-state index < -0.39 is 13.6 Å². The minimum atomic E-state index is -3.30. The van der Waals surface area contributed by atoms with E-state index in [1.165, 1.54) is 14.2 Å². The number of carbonyl (C=O) groups excluding carboxylic acids is 1. The Labute approximate surface area is 89.4 Å². The lowest BCUT2D eigenvalue weighted by Gasteiger charge is -2.12. The van der Waals surface area contributed by atoms with Crippen molar-refractivity contribution in [3.05, 3.63) is 0 Å². The minimum Gasteiger partial charge on any atom is -0.465 e. The summed E-state index contributed by atoms with van der Waals surface area (Å²) < 4.78 is 30.2. The first-order valence-electron chi connectivity index (χ1n) is 4.43. The van der Waals surface area contributed by atoms with Crippen LogP contribution in [0, 0.1) is 0 Å². The highest BCUT2D eigenvalue weighted by molar-refractivity contribution is 7.54. The molecule has 0 aliphatic heterocycles. The van der Waals surface area contributed by atoms with Crippen molar-refractivity contribution in [3.63, 3.8) is 0 Å². The Kier molecular flexibility index (Phi) is 7.60. The minimum absolute atomic E-state index is 0.236. The third-order valence-electron chi connectivity index (χ3n) is 1.63. The summed E-state index contributed by atoms with van der Waals surface area (Å²) in [5, 5.41) is 0. The third kappa shape index (κ3) is 6.62. The molecule has 15 heavy (non-hydrogen) atoms. The zero-order valence-electron chi connectivity index (χ0n) is 9.23. The molecule has 0 aliphatic rings. The highest BCUT2D eigenvalue weighted by Gasteiger charge is 2.26. The molecule has 0 spiro atoms. The van der Waals surface area contributed by atoms with Gasteiger partial charge in [0.05, 0.1) is 6.61 Å². The van der Waals surface area contributed by atoms with Crippen LogP contribution >= 0.6 is 7.60 Å². The van der Waals surface area contributed by atoms with E-state index in [1.54, 1.807) is 7.11 Å². The highest BCUT2D eigenvalue weighted by atomic mass is 31.2. The molecule has 0 saturated heterocycles. The number of rotatable bonds is 8. The standard InChI is InChI=1S/C8H17O6P/c1-11-5-4-6-14-8(9)7-15(10,12-2)13-3/h4-7H2,1-3H3. The van der Waals surface area contributed by atoms with E-state index >= 15 is 0 Å². The predicted octanol–water partition coefficient (Wildman–Crippen LogP) is 1.05. The van der Waals surface area contributed by atoms with Crippen LogP contribution in [-0.4, -0.2) is 46.7 Å². The van der Waals surface area contributed by atoms with E-state index in [2.05, 4.69) is 9.05 Å². The number of carbonyl (C=O) groups is 1. The maximum absolute atomic E-state index is 11.5. The van der Waals surface area contributed by atoms with E-state index in [0.29, 0.717) is 13.0 Å². The molecule has 0 amide bonds. The number of hydrogen-bond donors (Lipinski definition) is 0. The SMILES string of the molecule is COCCCOC(=O)CP(=O)(OC)OC. The molecule has 0 radical (unpaired) electrons. The van der Waals surface area contributed by atoms with Gasteiger partial charge in [0.2, 0.25) is 0 Å². The van der Waals surface area contributed by atoms with E-state index in [0.717, 1.165) is 0 Å². The van der Waals surface area contributed by atoms with E-state index in [4.69, 9.17) is 9.47 Å². The average molecular weight is 240 g/mol. The van der Waals surface area contributed by atoms with E-state index in [1.807, 2.05) is 0 Å². The largest absolute Gasteiger partial charge is 0.465 e. The third-order valence-corrected chi connectivity index (χ3v) is 3.39. The van der Waals surface area contributed by atoms with Gasteiger partial charge in [-0.1, -0.05) is 0 Å². The van der Waals surface area contributed by atoms with Crippen LogP contribution in [0.2, 0.25) is 0 Å². The second-order valence-electron chi connectivity index (χ2n) is 2.70. The molecular weight excluding hydrogens is 223 g/mol. The Morgan fingerprint density at radius 2 is 1.73 bits per heavy atom. The van der Waals surface area contributed by atoms with Crippen molar-refractivity contribution in [3.8, 4) is 0 Å². The number of ether oxygens (including phenoxy) is 2. The molecule has 0 aromatic carbocycles. The molecule has 0 aliphatic carbocycles. The molecule has 0 aromatic heterocycles. The number of esters is 1. The maximum atomic E-state index is 11.5. The van der Waals surface area contributed by atoms with Crippen LogP contribution in [0.4, 0.5) is 0 Å². The Hall–Kier alpha value is -0.420. The topological polar surface area (TPSA) is 71.1 Å². The van der Waals surface area contributed by atoms with Gasteiger partial charge in [0, 0.05) is 34.4 Å². The van der Waals surface area contributed by atoms with Crippen molar-refractivity contribution < 1.29 is 27.9 Å². The van der Waals surface area contributed by atoms with Crippen LogP contribution in [-0.2, 0) is 27.9 Å². The summed E-state index contributed by atoms with van der Waals surface area (Å²) in [5.74, 6) is -0.599. The van der Waals surface area contributed by atoms with Gasteiger partial charge in [-0.2, -0.15) is 0 Å². The van der Waals surface area contributed by atoms with Crippen LogP contribution in [0.5, 0.6) is 0 Å². The van der Waals surface area contributed by atoms with Crippen molar-refractivity contribution in [2.24, 2.45) is 0 Å². The van der Waals surface area contributed by atoms with Gasteiger partial charge in [-0.3, -0.25) is 9.36 Å². The fourth-order valence-corrected chi connectivity index (χ4v) is 1.61. The summed E-state index contributed by atoms with van der Waals surface area (Å²) in [7, 11) is 0.712. The summed E-state index contributed by atoms with van der Waals surface area (Å²) >= 11 is 0. The second-order valence-corrected chi connectivity index (χ2v) is 4.97. The second kappa shape index (κ2) is 7.82. The molecule has 0 N–H and O–H groups in total. The first-order chi connectivity index (χ1) is 7.08. The first kappa shape index (κ1) is 14.6. The van der Waals surface area contributed by atoms with Gasteiger partial charge in [0.1, 0.15) is 6.16 Å². The average Bonchev–Trinajstić information content (AvgIpc) is 2.24. The van der Waals surface area contributed by atoms with Crippen molar-refractivity contribution in [2.45, 2.75) is 6.42 Å². The van der Waals surface area contributed by atoms with Crippen LogP contribution < -0.4 is 0 Å². The van der Waals surface area contributed by atoms with Crippen LogP contribution in [0.15, 0.2) is 0 Å². The molecule has 0 aromatic rings. The maximum Gasteiger partial charge on any atom is 0.341 e. The van der Waals surface area contributed by atoms with Crippen molar-refractivity contribution >= 4 is 13.6 Å². The van der Waals surface area contributed by atoms with Crippen molar-refractivity contribution in [2.75, 3.05) is 40.7 Å². The molecule has 0 atom stereocenters. The summed E-state index contributed by atoms with van der Waals surface area (Å²) in [6, 6.07) is 0. The fourth-order valence-electron chi connectivity index (χ4n) is 0.797. The van der Waals surface area contributed by atoms with E-state index in [9.17, 15) is 9.36 Å². The quantitative estimate of drug-likeness (QED) is 0.359. The lowest BCUT2D eigenvalue weighted by atomic mass is 10.5. The molecular formula is C8H17O6P. The molecule has 7 heteroatoms. The van der Waals surface area contributed by atoms with Gasteiger partial charge in [-0.25, -0.2) is 0 Å². The fraction of sp³-hybridized carbons (Fsp3) is 0.875. The zero-order chi connectivity index (χ0) is 11.7. The monoisotopic (exact) mass is 240 g/mol. The van der Waals surface area contributed by atoms with Crippen LogP contribution in [0.25, 0.3) is 0 Å². The zero-order valence-corrected chi connectivity index (χ0v) is 10.1. The predicted molar refractivity (Wildman–Crippen MR) is 53.9 cm³/mol. The Morgan fingerprint density at radius 3 is 2.20 bits per heavy atom. The Bertz CT molecular complexity index is 221. The highest BCUT2D eigenvalue weighted by Crippen LogP contribution is 2.45. The van der Waals surface area contributed by atoms with Crippen LogP contribution in [0.3, 0.4) is 0 Å². The molecule has 6 nitrogen and oxygen atoms in total. The van der Waals surface area contributed by atoms with E-state index in [-0.39, 0.29) is 12.8 Å². The smallest absolute Gasteiger partial charge is 0.341 e. The van der Waals surface area contributed by atoms with Crippen LogP contribution in [0.1, 0.15) is 6.42 Å². The summed E-state index contributed by atoms with van der Waals surface area (Å²) in [4.78, 5) is 11.1.